The highest BCUT2D eigenvalue weighted by Crippen LogP contribution is 2.32. The Balaban J connectivity index is 1.50. The number of nitrogens with zero attached hydrogens (tertiary/aromatic N) is 4. The van der Waals surface area contributed by atoms with Crippen LogP contribution in [0.1, 0.15) is 32.3 Å². The molecule has 0 amide bonds. The number of anilines is 4. The predicted octanol–water partition coefficient (Wildman–Crippen LogP) is 5.33. The van der Waals surface area contributed by atoms with Crippen molar-refractivity contribution >= 4 is 44.6 Å². The molecule has 0 atom stereocenters. The van der Waals surface area contributed by atoms with Crippen molar-refractivity contribution in [3.8, 4) is 5.75 Å². The lowest BCUT2D eigenvalue weighted by atomic mass is 10.0. The van der Waals surface area contributed by atoms with E-state index in [0.717, 1.165) is 19.6 Å². The smallest absolute Gasteiger partial charge is 0.229 e. The molecule has 1 aliphatic heterocycles. The number of methoxy groups -OCH3 is 1. The average molecular weight is 573 g/mol. The standard InChI is InChI=1S/C28H37ClN6O3S/c1-19(2)39(36,37)26-9-7-6-8-24(26)31-27-22(29)17-30-28(33-27)32-23-11-10-20(16-25(23)38-5)18-35-14-12-21(13-15-35)34(3)4/h6-11,16-17,19,21H,12-15,18H2,1-5H3,(H2,30,31,32,33). The van der Waals surface area contributed by atoms with E-state index >= 15 is 0 Å². The summed E-state index contributed by atoms with van der Waals surface area (Å²) in [6, 6.07) is 13.4. The Morgan fingerprint density at radius 2 is 1.82 bits per heavy atom. The van der Waals surface area contributed by atoms with Gasteiger partial charge < -0.3 is 20.3 Å². The van der Waals surface area contributed by atoms with Gasteiger partial charge in [-0.2, -0.15) is 4.98 Å². The van der Waals surface area contributed by atoms with Gasteiger partial charge in [-0.05, 0) is 83.7 Å². The van der Waals surface area contributed by atoms with Crippen molar-refractivity contribution in [2.75, 3.05) is 44.9 Å². The van der Waals surface area contributed by atoms with Crippen molar-refractivity contribution in [3.63, 3.8) is 0 Å². The number of piperidine rings is 1. The van der Waals surface area contributed by atoms with E-state index < -0.39 is 15.1 Å². The molecule has 0 bridgehead atoms. The van der Waals surface area contributed by atoms with Crippen molar-refractivity contribution in [2.45, 2.75) is 49.4 Å². The van der Waals surface area contributed by atoms with Crippen LogP contribution in [-0.2, 0) is 16.4 Å². The Hall–Kier alpha value is -2.92. The molecule has 0 saturated carbocycles. The molecule has 11 heteroatoms. The molecule has 0 spiro atoms. The first-order valence-corrected chi connectivity index (χ1v) is 15.0. The Morgan fingerprint density at radius 3 is 2.49 bits per heavy atom. The normalized spacial score (nSPS) is 15.1. The maximum Gasteiger partial charge on any atom is 0.229 e. The second kappa shape index (κ2) is 12.5. The minimum absolute atomic E-state index is 0.187. The van der Waals surface area contributed by atoms with Gasteiger partial charge in [0, 0.05) is 12.6 Å². The van der Waals surface area contributed by atoms with E-state index in [-0.39, 0.29) is 15.7 Å². The number of nitrogens with one attached hydrogen (secondary N) is 2. The van der Waals surface area contributed by atoms with Crippen LogP contribution in [0.3, 0.4) is 0 Å². The third kappa shape index (κ3) is 7.00. The quantitative estimate of drug-likeness (QED) is 0.334. The molecule has 0 aliphatic carbocycles. The first-order chi connectivity index (χ1) is 18.6. The van der Waals surface area contributed by atoms with Crippen LogP contribution in [0.5, 0.6) is 5.75 Å². The molecule has 9 nitrogen and oxygen atoms in total. The monoisotopic (exact) mass is 572 g/mol. The number of rotatable bonds is 10. The fourth-order valence-electron chi connectivity index (χ4n) is 4.62. The lowest BCUT2D eigenvalue weighted by Gasteiger charge is -2.35. The highest BCUT2D eigenvalue weighted by molar-refractivity contribution is 7.92. The van der Waals surface area contributed by atoms with E-state index in [9.17, 15) is 8.42 Å². The van der Waals surface area contributed by atoms with E-state index in [0.29, 0.717) is 29.1 Å². The first-order valence-electron chi connectivity index (χ1n) is 13.0. The minimum atomic E-state index is -3.52. The summed E-state index contributed by atoms with van der Waals surface area (Å²) < 4.78 is 31.4. The first kappa shape index (κ1) is 29.1. The van der Waals surface area contributed by atoms with Crippen LogP contribution in [0.2, 0.25) is 5.02 Å². The van der Waals surface area contributed by atoms with Gasteiger partial charge in [-0.3, -0.25) is 4.90 Å². The number of hydrogen-bond acceptors (Lipinski definition) is 9. The number of likely N-dealkylation sites (tertiary alicyclic amines) is 1. The molecule has 2 aromatic carbocycles. The topological polar surface area (TPSA) is 99.7 Å². The number of benzene rings is 2. The van der Waals surface area contributed by atoms with E-state index in [1.54, 1.807) is 45.2 Å². The summed E-state index contributed by atoms with van der Waals surface area (Å²) in [5.41, 5.74) is 2.28. The van der Waals surface area contributed by atoms with Crippen LogP contribution in [0.15, 0.2) is 53.6 Å². The second-order valence-electron chi connectivity index (χ2n) is 10.2. The van der Waals surface area contributed by atoms with Gasteiger partial charge in [0.1, 0.15) is 10.8 Å². The van der Waals surface area contributed by atoms with Gasteiger partial charge in [-0.15, -0.1) is 0 Å². The van der Waals surface area contributed by atoms with Crippen LogP contribution >= 0.6 is 11.6 Å². The Labute approximate surface area is 236 Å². The maximum absolute atomic E-state index is 12.9. The van der Waals surface area contributed by atoms with Gasteiger partial charge in [0.25, 0.3) is 0 Å². The molecule has 1 saturated heterocycles. The lowest BCUT2D eigenvalue weighted by molar-refractivity contribution is 0.140. The number of halogens is 1. The summed E-state index contributed by atoms with van der Waals surface area (Å²) in [6.45, 7) is 6.30. The van der Waals surface area contributed by atoms with Crippen LogP contribution in [-0.4, -0.2) is 73.8 Å². The fourth-order valence-corrected chi connectivity index (χ4v) is 5.96. The molecule has 2 N–H and O–H groups in total. The Morgan fingerprint density at radius 1 is 1.10 bits per heavy atom. The number of para-hydroxylation sites is 1. The van der Waals surface area contributed by atoms with Crippen LogP contribution in [0, 0.1) is 0 Å². The van der Waals surface area contributed by atoms with E-state index in [2.05, 4.69) is 50.6 Å². The van der Waals surface area contributed by atoms with E-state index in [1.807, 2.05) is 12.1 Å². The molecular weight excluding hydrogens is 536 g/mol. The largest absolute Gasteiger partial charge is 0.495 e. The van der Waals surface area contributed by atoms with Crippen LogP contribution in [0.25, 0.3) is 0 Å². The van der Waals surface area contributed by atoms with Crippen LogP contribution in [0.4, 0.5) is 23.1 Å². The molecule has 210 valence electrons. The molecule has 2 heterocycles. The lowest BCUT2D eigenvalue weighted by Crippen LogP contribution is -2.41. The zero-order valence-corrected chi connectivity index (χ0v) is 24.7. The molecule has 0 unspecified atom stereocenters. The average Bonchev–Trinajstić information content (AvgIpc) is 2.91. The zero-order valence-electron chi connectivity index (χ0n) is 23.1. The number of ether oxygens (including phenoxy) is 1. The van der Waals surface area contributed by atoms with E-state index in [4.69, 9.17) is 16.3 Å². The summed E-state index contributed by atoms with van der Waals surface area (Å²) in [5.74, 6) is 1.26. The summed E-state index contributed by atoms with van der Waals surface area (Å²) in [6.07, 6.45) is 3.81. The molecular formula is C28H37ClN6O3S. The molecule has 0 radical (unpaired) electrons. The zero-order chi connectivity index (χ0) is 28.2. The van der Waals surface area contributed by atoms with Crippen molar-refractivity contribution < 1.29 is 13.2 Å². The molecule has 1 fully saturated rings. The predicted molar refractivity (Wildman–Crippen MR) is 157 cm³/mol. The minimum Gasteiger partial charge on any atom is -0.495 e. The van der Waals surface area contributed by atoms with Crippen molar-refractivity contribution in [1.82, 2.24) is 19.8 Å². The molecule has 1 aliphatic rings. The molecule has 3 aromatic rings. The summed E-state index contributed by atoms with van der Waals surface area (Å²) in [5, 5.41) is 5.98. The number of aromatic nitrogens is 2. The fraction of sp³-hybridized carbons (Fsp3) is 0.429. The maximum atomic E-state index is 12.9. The highest BCUT2D eigenvalue weighted by atomic mass is 35.5. The van der Waals surface area contributed by atoms with Gasteiger partial charge >= 0.3 is 0 Å². The van der Waals surface area contributed by atoms with Crippen molar-refractivity contribution in [3.05, 3.63) is 59.2 Å². The highest BCUT2D eigenvalue weighted by Gasteiger charge is 2.23. The summed E-state index contributed by atoms with van der Waals surface area (Å²) in [4.78, 5) is 13.8. The van der Waals surface area contributed by atoms with E-state index in [1.165, 1.54) is 24.6 Å². The third-order valence-corrected chi connectivity index (χ3v) is 9.50. The Bertz CT molecular complexity index is 1390. The Kier molecular flexibility index (Phi) is 9.32. The van der Waals surface area contributed by atoms with Gasteiger partial charge in [0.2, 0.25) is 5.95 Å². The summed E-state index contributed by atoms with van der Waals surface area (Å²) >= 11 is 6.38. The third-order valence-electron chi connectivity index (χ3n) is 7.02. The number of sulfone groups is 1. The molecule has 39 heavy (non-hydrogen) atoms. The van der Waals surface area contributed by atoms with Gasteiger partial charge in [0.05, 0.1) is 34.8 Å². The van der Waals surface area contributed by atoms with Crippen molar-refractivity contribution in [2.24, 2.45) is 0 Å². The SMILES string of the molecule is COc1cc(CN2CCC(N(C)C)CC2)ccc1Nc1ncc(Cl)c(Nc2ccccc2S(=O)(=O)C(C)C)n1. The van der Waals surface area contributed by atoms with Gasteiger partial charge in [-0.25, -0.2) is 13.4 Å². The number of hydrogen-bond donors (Lipinski definition) is 2. The van der Waals surface area contributed by atoms with Gasteiger partial charge in [-0.1, -0.05) is 29.8 Å². The van der Waals surface area contributed by atoms with Crippen molar-refractivity contribution in [1.29, 1.82) is 0 Å². The molecule has 4 rings (SSSR count). The van der Waals surface area contributed by atoms with Crippen LogP contribution < -0.4 is 15.4 Å². The van der Waals surface area contributed by atoms with Gasteiger partial charge in [0.15, 0.2) is 15.7 Å². The second-order valence-corrected chi connectivity index (χ2v) is 13.1. The molecule has 1 aromatic heterocycles. The summed E-state index contributed by atoms with van der Waals surface area (Å²) in [7, 11) is 2.42.